The van der Waals surface area contributed by atoms with Crippen LogP contribution >= 0.6 is 11.6 Å². The van der Waals surface area contributed by atoms with Gasteiger partial charge in [-0.2, -0.15) is 5.10 Å². The molecule has 1 amide bonds. The van der Waals surface area contributed by atoms with E-state index >= 15 is 0 Å². The summed E-state index contributed by atoms with van der Waals surface area (Å²) in [4.78, 5) is 20.1. The lowest BCUT2D eigenvalue weighted by Gasteiger charge is -2.07. The van der Waals surface area contributed by atoms with Crippen LogP contribution < -0.4 is 10.1 Å². The van der Waals surface area contributed by atoms with Crippen molar-refractivity contribution < 1.29 is 13.9 Å². The first-order valence-electron chi connectivity index (χ1n) is 8.16. The predicted octanol–water partition coefficient (Wildman–Crippen LogP) is 4.07. The lowest BCUT2D eigenvalue weighted by atomic mass is 10.1. The molecule has 9 heteroatoms. The highest BCUT2D eigenvalue weighted by Gasteiger charge is 2.16. The van der Waals surface area contributed by atoms with Gasteiger partial charge in [-0.3, -0.25) is 9.89 Å². The first kappa shape index (κ1) is 17.9. The molecule has 0 unspecified atom stereocenters. The number of hydrogen-bond acceptors (Lipinski definition) is 5. The number of nitrogens with one attached hydrogen (secondary N) is 2. The molecule has 3 heterocycles. The molecule has 28 heavy (non-hydrogen) atoms. The minimum absolute atomic E-state index is 0.189. The first-order chi connectivity index (χ1) is 13.6. The molecule has 0 radical (unpaired) electrons. The molecule has 0 saturated heterocycles. The normalized spacial score (nSPS) is 10.8. The quantitative estimate of drug-likeness (QED) is 0.506. The standard InChI is InChI=1S/C19H13ClFN5O2/c1-28-15-8-10(4-6-22-15)17-13-9-11(2-3-14(13)25-26-17)24-19(27)12-5-7-23-18(20)16(12)21/h2-9H,1H3,(H,24,27)(H,25,26). The van der Waals surface area contributed by atoms with Crippen LogP contribution in [0.2, 0.25) is 5.15 Å². The minimum atomic E-state index is -0.865. The zero-order valence-corrected chi connectivity index (χ0v) is 15.3. The summed E-state index contributed by atoms with van der Waals surface area (Å²) in [7, 11) is 1.53. The van der Waals surface area contributed by atoms with Crippen molar-refractivity contribution in [3.05, 3.63) is 65.3 Å². The Morgan fingerprint density at radius 1 is 1.18 bits per heavy atom. The molecule has 1 aromatic carbocycles. The number of fused-ring (bicyclic) bond motifs is 1. The number of benzene rings is 1. The van der Waals surface area contributed by atoms with E-state index in [0.717, 1.165) is 16.5 Å². The fourth-order valence-electron chi connectivity index (χ4n) is 2.77. The number of carbonyl (C=O) groups is 1. The number of hydrogen-bond donors (Lipinski definition) is 2. The number of anilines is 1. The van der Waals surface area contributed by atoms with Crippen LogP contribution in [0.4, 0.5) is 10.1 Å². The fraction of sp³-hybridized carbons (Fsp3) is 0.0526. The highest BCUT2D eigenvalue weighted by atomic mass is 35.5. The lowest BCUT2D eigenvalue weighted by Crippen LogP contribution is -2.14. The second-order valence-corrected chi connectivity index (χ2v) is 6.19. The summed E-state index contributed by atoms with van der Waals surface area (Å²) in [5, 5.41) is 10.4. The van der Waals surface area contributed by atoms with Crippen LogP contribution in [0.5, 0.6) is 5.88 Å². The Morgan fingerprint density at radius 3 is 2.82 bits per heavy atom. The molecule has 0 aliphatic carbocycles. The van der Waals surface area contributed by atoms with Gasteiger partial charge in [0, 0.05) is 35.1 Å². The summed E-state index contributed by atoms with van der Waals surface area (Å²) in [6, 6.07) is 10.0. The van der Waals surface area contributed by atoms with Crippen molar-refractivity contribution in [2.75, 3.05) is 12.4 Å². The number of ether oxygens (including phenoxy) is 1. The van der Waals surface area contributed by atoms with Crippen molar-refractivity contribution in [2.24, 2.45) is 0 Å². The second kappa shape index (κ2) is 7.24. The number of methoxy groups -OCH3 is 1. The number of carbonyl (C=O) groups excluding carboxylic acids is 1. The Morgan fingerprint density at radius 2 is 2.00 bits per heavy atom. The van der Waals surface area contributed by atoms with Crippen molar-refractivity contribution in [1.29, 1.82) is 0 Å². The smallest absolute Gasteiger partial charge is 0.258 e. The molecule has 140 valence electrons. The van der Waals surface area contributed by atoms with Crippen molar-refractivity contribution in [3.8, 4) is 17.1 Å². The molecule has 0 fully saturated rings. The third-order valence-corrected chi connectivity index (χ3v) is 4.39. The van der Waals surface area contributed by atoms with E-state index in [2.05, 4.69) is 25.5 Å². The van der Waals surface area contributed by atoms with E-state index in [1.165, 1.54) is 19.4 Å². The summed E-state index contributed by atoms with van der Waals surface area (Å²) < 4.78 is 19.2. The number of aromatic amines is 1. The van der Waals surface area contributed by atoms with Gasteiger partial charge in [0.1, 0.15) is 5.69 Å². The maximum absolute atomic E-state index is 14.0. The molecule has 0 spiro atoms. The van der Waals surface area contributed by atoms with Crippen LogP contribution in [0.1, 0.15) is 10.4 Å². The Labute approximate surface area is 163 Å². The summed E-state index contributed by atoms with van der Waals surface area (Å²) in [5.41, 5.74) is 2.54. The van der Waals surface area contributed by atoms with Gasteiger partial charge in [-0.05, 0) is 30.3 Å². The number of aromatic nitrogens is 4. The summed E-state index contributed by atoms with van der Waals surface area (Å²) in [6.07, 6.45) is 2.89. The summed E-state index contributed by atoms with van der Waals surface area (Å²) in [5.74, 6) is -1.03. The molecule has 0 bridgehead atoms. The number of H-pyrrole nitrogens is 1. The van der Waals surface area contributed by atoms with Gasteiger partial charge < -0.3 is 10.1 Å². The van der Waals surface area contributed by atoms with Crippen molar-refractivity contribution in [3.63, 3.8) is 0 Å². The first-order valence-corrected chi connectivity index (χ1v) is 8.54. The number of pyridine rings is 2. The molecule has 0 saturated carbocycles. The van der Waals surface area contributed by atoms with Gasteiger partial charge >= 0.3 is 0 Å². The Hall–Kier alpha value is -3.52. The highest BCUT2D eigenvalue weighted by molar-refractivity contribution is 6.30. The Kier molecular flexibility index (Phi) is 4.62. The van der Waals surface area contributed by atoms with Gasteiger partial charge in [0.25, 0.3) is 5.91 Å². The van der Waals surface area contributed by atoms with E-state index in [9.17, 15) is 9.18 Å². The Bertz CT molecular complexity index is 1190. The average molecular weight is 398 g/mol. The molecule has 7 nitrogen and oxygen atoms in total. The van der Waals surface area contributed by atoms with Crippen molar-refractivity contribution in [1.82, 2.24) is 20.2 Å². The number of rotatable bonds is 4. The second-order valence-electron chi connectivity index (χ2n) is 5.84. The van der Waals surface area contributed by atoms with Crippen molar-refractivity contribution >= 4 is 34.1 Å². The molecule has 0 atom stereocenters. The van der Waals surface area contributed by atoms with E-state index in [0.29, 0.717) is 17.3 Å². The van der Waals surface area contributed by atoms with Crippen LogP contribution in [0.15, 0.2) is 48.8 Å². The monoisotopic (exact) mass is 397 g/mol. The zero-order chi connectivity index (χ0) is 19.7. The molecule has 3 aromatic heterocycles. The van der Waals surface area contributed by atoms with Crippen LogP contribution in [-0.2, 0) is 0 Å². The maximum atomic E-state index is 14.0. The van der Waals surface area contributed by atoms with Gasteiger partial charge in [-0.15, -0.1) is 0 Å². The van der Waals surface area contributed by atoms with Crippen LogP contribution in [-0.4, -0.2) is 33.2 Å². The molecule has 4 aromatic rings. The molecular weight excluding hydrogens is 385 g/mol. The van der Waals surface area contributed by atoms with E-state index in [1.54, 1.807) is 36.5 Å². The van der Waals surface area contributed by atoms with Gasteiger partial charge in [-0.1, -0.05) is 11.6 Å². The van der Waals surface area contributed by atoms with Gasteiger partial charge in [0.15, 0.2) is 11.0 Å². The number of halogens is 2. The molecule has 0 aliphatic rings. The SMILES string of the molecule is COc1cc(-c2n[nH]c3ccc(NC(=O)c4ccnc(Cl)c4F)cc23)ccn1. The highest BCUT2D eigenvalue weighted by Crippen LogP contribution is 2.30. The van der Waals surface area contributed by atoms with Crippen molar-refractivity contribution in [2.45, 2.75) is 0 Å². The van der Waals surface area contributed by atoms with E-state index in [1.807, 2.05) is 0 Å². The van der Waals surface area contributed by atoms with Crippen LogP contribution in [0.25, 0.3) is 22.2 Å². The molecule has 4 rings (SSSR count). The van der Waals surface area contributed by atoms with E-state index in [4.69, 9.17) is 16.3 Å². The molecular formula is C19H13ClFN5O2. The third kappa shape index (κ3) is 3.25. The third-order valence-electron chi connectivity index (χ3n) is 4.13. The number of nitrogens with zero attached hydrogens (tertiary/aromatic N) is 3. The van der Waals surface area contributed by atoms with Gasteiger partial charge in [0.2, 0.25) is 5.88 Å². The van der Waals surface area contributed by atoms with Crippen LogP contribution in [0, 0.1) is 5.82 Å². The Balaban J connectivity index is 1.69. The lowest BCUT2D eigenvalue weighted by molar-refractivity contribution is 0.102. The van der Waals surface area contributed by atoms with Crippen LogP contribution in [0.3, 0.4) is 0 Å². The average Bonchev–Trinajstić information content (AvgIpc) is 3.13. The maximum Gasteiger partial charge on any atom is 0.258 e. The summed E-state index contributed by atoms with van der Waals surface area (Å²) in [6.45, 7) is 0. The molecule has 2 N–H and O–H groups in total. The van der Waals surface area contributed by atoms with Gasteiger partial charge in [-0.25, -0.2) is 14.4 Å². The van der Waals surface area contributed by atoms with E-state index < -0.39 is 11.7 Å². The number of amides is 1. The zero-order valence-electron chi connectivity index (χ0n) is 14.5. The molecule has 0 aliphatic heterocycles. The fourth-order valence-corrected chi connectivity index (χ4v) is 2.93. The van der Waals surface area contributed by atoms with E-state index in [-0.39, 0.29) is 10.7 Å². The largest absolute Gasteiger partial charge is 0.481 e. The summed E-state index contributed by atoms with van der Waals surface area (Å²) >= 11 is 5.64. The van der Waals surface area contributed by atoms with Gasteiger partial charge in [0.05, 0.1) is 18.2 Å². The minimum Gasteiger partial charge on any atom is -0.481 e. The topological polar surface area (TPSA) is 92.8 Å². The predicted molar refractivity (Wildman–Crippen MR) is 103 cm³/mol.